The molecule has 5 nitrogen and oxygen atoms in total. The van der Waals surface area contributed by atoms with Crippen molar-refractivity contribution in [1.82, 2.24) is 10.6 Å². The predicted molar refractivity (Wildman–Crippen MR) is 95.2 cm³/mol. The van der Waals surface area contributed by atoms with E-state index in [1.54, 1.807) is 4.90 Å². The van der Waals surface area contributed by atoms with Gasteiger partial charge in [-0.25, -0.2) is 4.79 Å². The zero-order chi connectivity index (χ0) is 17.1. The molecule has 0 aromatic heterocycles. The Balaban J connectivity index is 1.56. The van der Waals surface area contributed by atoms with Gasteiger partial charge in [0.2, 0.25) is 5.91 Å². The minimum Gasteiger partial charge on any atom is -0.335 e. The Morgan fingerprint density at radius 1 is 1.04 bits per heavy atom. The summed E-state index contributed by atoms with van der Waals surface area (Å²) in [4.78, 5) is 26.2. The lowest BCUT2D eigenvalue weighted by Crippen LogP contribution is -2.47. The number of rotatable bonds is 3. The van der Waals surface area contributed by atoms with Gasteiger partial charge in [0.05, 0.1) is 6.04 Å². The molecule has 2 fully saturated rings. The van der Waals surface area contributed by atoms with E-state index in [1.807, 2.05) is 25.1 Å². The lowest BCUT2D eigenvalue weighted by molar-refractivity contribution is -0.117. The van der Waals surface area contributed by atoms with E-state index in [4.69, 9.17) is 0 Å². The zero-order valence-corrected chi connectivity index (χ0v) is 14.6. The average Bonchev–Trinajstić information content (AvgIpc) is 2.91. The van der Waals surface area contributed by atoms with E-state index < -0.39 is 0 Å². The van der Waals surface area contributed by atoms with E-state index in [9.17, 15) is 9.59 Å². The fourth-order valence-corrected chi connectivity index (χ4v) is 3.61. The quantitative estimate of drug-likeness (QED) is 0.895. The Labute approximate surface area is 143 Å². The second kappa shape index (κ2) is 7.24. The van der Waals surface area contributed by atoms with Crippen LogP contribution in [0.2, 0.25) is 0 Å². The van der Waals surface area contributed by atoms with E-state index in [-0.39, 0.29) is 24.0 Å². The molecule has 0 bridgehead atoms. The van der Waals surface area contributed by atoms with E-state index in [1.165, 1.54) is 30.4 Å². The SMILES string of the molecule is Cc1ccc(N2CC(NC(=O)NC3CCCCC3)CC2=O)cc1C. The Morgan fingerprint density at radius 2 is 1.75 bits per heavy atom. The number of carbonyl (C=O) groups excluding carboxylic acids is 2. The van der Waals surface area contributed by atoms with E-state index >= 15 is 0 Å². The summed E-state index contributed by atoms with van der Waals surface area (Å²) < 4.78 is 0. The maximum absolute atomic E-state index is 12.3. The van der Waals surface area contributed by atoms with Gasteiger partial charge in [0.25, 0.3) is 0 Å². The summed E-state index contributed by atoms with van der Waals surface area (Å²) >= 11 is 0. The molecule has 5 heteroatoms. The first-order valence-corrected chi connectivity index (χ1v) is 8.97. The number of hydrogen-bond acceptors (Lipinski definition) is 2. The largest absolute Gasteiger partial charge is 0.335 e. The van der Waals surface area contributed by atoms with Gasteiger partial charge in [0.1, 0.15) is 0 Å². The maximum Gasteiger partial charge on any atom is 0.315 e. The second-order valence-electron chi connectivity index (χ2n) is 7.13. The third-order valence-electron chi connectivity index (χ3n) is 5.20. The normalized spacial score (nSPS) is 21.8. The molecular weight excluding hydrogens is 302 g/mol. The molecule has 2 aliphatic rings. The van der Waals surface area contributed by atoms with Crippen molar-refractivity contribution in [3.8, 4) is 0 Å². The Kier molecular flexibility index (Phi) is 5.07. The molecule has 1 aromatic carbocycles. The van der Waals surface area contributed by atoms with Crippen LogP contribution in [0.25, 0.3) is 0 Å². The van der Waals surface area contributed by atoms with Crippen molar-refractivity contribution in [2.75, 3.05) is 11.4 Å². The number of amides is 3. The molecule has 24 heavy (non-hydrogen) atoms. The van der Waals surface area contributed by atoms with Crippen molar-refractivity contribution in [1.29, 1.82) is 0 Å². The van der Waals surface area contributed by atoms with Crippen molar-refractivity contribution < 1.29 is 9.59 Å². The van der Waals surface area contributed by atoms with E-state index in [0.717, 1.165) is 18.5 Å². The highest BCUT2D eigenvalue weighted by atomic mass is 16.2. The van der Waals surface area contributed by atoms with Crippen LogP contribution in [0.1, 0.15) is 49.7 Å². The van der Waals surface area contributed by atoms with Crippen LogP contribution in [0.3, 0.4) is 0 Å². The fourth-order valence-electron chi connectivity index (χ4n) is 3.61. The lowest BCUT2D eigenvalue weighted by atomic mass is 9.96. The summed E-state index contributed by atoms with van der Waals surface area (Å²) in [5.41, 5.74) is 3.30. The van der Waals surface area contributed by atoms with Crippen molar-refractivity contribution in [3.63, 3.8) is 0 Å². The summed E-state index contributed by atoms with van der Waals surface area (Å²) in [7, 11) is 0. The number of urea groups is 1. The standard InChI is InChI=1S/C19H27N3O2/c1-13-8-9-17(10-14(13)2)22-12-16(11-18(22)23)21-19(24)20-15-6-4-3-5-7-15/h8-10,15-16H,3-7,11-12H2,1-2H3,(H2,20,21,24). The molecule has 1 saturated carbocycles. The smallest absolute Gasteiger partial charge is 0.315 e. The van der Waals surface area contributed by atoms with Gasteiger partial charge < -0.3 is 15.5 Å². The number of aryl methyl sites for hydroxylation is 2. The van der Waals surface area contributed by atoms with E-state index in [2.05, 4.69) is 17.6 Å². The molecule has 1 atom stereocenters. The zero-order valence-electron chi connectivity index (χ0n) is 14.6. The first kappa shape index (κ1) is 16.8. The van der Waals surface area contributed by atoms with Crippen LogP contribution >= 0.6 is 0 Å². The van der Waals surface area contributed by atoms with Gasteiger partial charge in [0, 0.05) is 24.7 Å². The highest BCUT2D eigenvalue weighted by molar-refractivity contribution is 5.96. The second-order valence-corrected chi connectivity index (χ2v) is 7.13. The molecule has 3 amide bonds. The summed E-state index contributed by atoms with van der Waals surface area (Å²) in [5.74, 6) is 0.0706. The van der Waals surface area contributed by atoms with Crippen molar-refractivity contribution in [2.45, 2.75) is 64.5 Å². The van der Waals surface area contributed by atoms with Gasteiger partial charge in [-0.05, 0) is 49.9 Å². The number of hydrogen-bond donors (Lipinski definition) is 2. The molecule has 1 aromatic rings. The maximum atomic E-state index is 12.3. The Hall–Kier alpha value is -2.04. The van der Waals surface area contributed by atoms with Gasteiger partial charge in [-0.15, -0.1) is 0 Å². The van der Waals surface area contributed by atoms with Crippen molar-refractivity contribution >= 4 is 17.6 Å². The van der Waals surface area contributed by atoms with Crippen LogP contribution in [0.4, 0.5) is 10.5 Å². The number of anilines is 1. The number of nitrogens with one attached hydrogen (secondary N) is 2. The van der Waals surface area contributed by atoms with Gasteiger partial charge in [-0.1, -0.05) is 25.3 Å². The first-order chi connectivity index (χ1) is 11.5. The minimum absolute atomic E-state index is 0.0706. The third-order valence-corrected chi connectivity index (χ3v) is 5.20. The van der Waals surface area contributed by atoms with Crippen LogP contribution in [-0.4, -0.2) is 30.6 Å². The highest BCUT2D eigenvalue weighted by Gasteiger charge is 2.32. The summed E-state index contributed by atoms with van der Waals surface area (Å²) in [5, 5.41) is 6.02. The summed E-state index contributed by atoms with van der Waals surface area (Å²) in [6.07, 6.45) is 6.13. The molecule has 1 aliphatic carbocycles. The van der Waals surface area contributed by atoms with E-state index in [0.29, 0.717) is 13.0 Å². The number of benzene rings is 1. The Bertz CT molecular complexity index is 623. The number of carbonyl (C=O) groups is 2. The van der Waals surface area contributed by atoms with Gasteiger partial charge in [-0.3, -0.25) is 4.79 Å². The monoisotopic (exact) mass is 329 g/mol. The van der Waals surface area contributed by atoms with Gasteiger partial charge in [0.15, 0.2) is 0 Å². The average molecular weight is 329 g/mol. The topological polar surface area (TPSA) is 61.4 Å². The molecule has 0 spiro atoms. The molecule has 1 unspecified atom stereocenters. The molecular formula is C19H27N3O2. The predicted octanol–water partition coefficient (Wildman–Crippen LogP) is 3.04. The molecule has 1 saturated heterocycles. The third kappa shape index (κ3) is 3.89. The van der Waals surface area contributed by atoms with Crippen LogP contribution in [0.15, 0.2) is 18.2 Å². The first-order valence-electron chi connectivity index (χ1n) is 8.97. The number of nitrogens with zero attached hydrogens (tertiary/aromatic N) is 1. The molecule has 2 N–H and O–H groups in total. The summed E-state index contributed by atoms with van der Waals surface area (Å²) in [6, 6.07) is 6.08. The Morgan fingerprint density at radius 3 is 2.46 bits per heavy atom. The van der Waals surface area contributed by atoms with Crippen LogP contribution in [-0.2, 0) is 4.79 Å². The fraction of sp³-hybridized carbons (Fsp3) is 0.579. The molecule has 0 radical (unpaired) electrons. The van der Waals surface area contributed by atoms with Crippen LogP contribution in [0.5, 0.6) is 0 Å². The van der Waals surface area contributed by atoms with Crippen molar-refractivity contribution in [3.05, 3.63) is 29.3 Å². The minimum atomic E-state index is -0.137. The highest BCUT2D eigenvalue weighted by Crippen LogP contribution is 2.24. The van der Waals surface area contributed by atoms with Crippen molar-refractivity contribution in [2.24, 2.45) is 0 Å². The molecule has 1 heterocycles. The van der Waals surface area contributed by atoms with Gasteiger partial charge >= 0.3 is 6.03 Å². The van der Waals surface area contributed by atoms with Gasteiger partial charge in [-0.2, -0.15) is 0 Å². The molecule has 3 rings (SSSR count). The summed E-state index contributed by atoms with van der Waals surface area (Å²) in [6.45, 7) is 4.65. The molecule has 130 valence electrons. The lowest BCUT2D eigenvalue weighted by Gasteiger charge is -2.24. The van der Waals surface area contributed by atoms with Crippen LogP contribution < -0.4 is 15.5 Å². The molecule has 1 aliphatic heterocycles. The van der Waals surface area contributed by atoms with Crippen LogP contribution in [0, 0.1) is 13.8 Å².